The van der Waals surface area contributed by atoms with E-state index in [0.717, 1.165) is 12.3 Å². The second kappa shape index (κ2) is 6.69. The van der Waals surface area contributed by atoms with E-state index in [0.29, 0.717) is 6.04 Å². The fourth-order valence-corrected chi connectivity index (χ4v) is 4.02. The Kier molecular flexibility index (Phi) is 5.22. The number of nitrogens with two attached hydrogens (primary N) is 1. The molecule has 1 aliphatic rings. The minimum absolute atomic E-state index is 0.351. The molecule has 3 heteroatoms. The third-order valence-corrected chi connectivity index (χ3v) is 5.19. The molecular weight excluding hydrogens is 240 g/mol. The highest BCUT2D eigenvalue weighted by Crippen LogP contribution is 2.33. The highest BCUT2D eigenvalue weighted by molar-refractivity contribution is 7.12. The molecule has 0 bridgehead atoms. The number of rotatable bonds is 5. The molecule has 0 saturated heterocycles. The first-order chi connectivity index (χ1) is 8.70. The maximum absolute atomic E-state index is 5.74. The van der Waals surface area contributed by atoms with Gasteiger partial charge in [-0.15, -0.1) is 11.3 Å². The lowest BCUT2D eigenvalue weighted by molar-refractivity contribution is 0.453. The molecule has 0 saturated carbocycles. The molecule has 1 unspecified atom stereocenters. The Bertz CT molecular complexity index is 347. The van der Waals surface area contributed by atoms with Crippen molar-refractivity contribution in [2.75, 3.05) is 0 Å². The van der Waals surface area contributed by atoms with Gasteiger partial charge in [0.25, 0.3) is 0 Å². The number of aryl methyl sites for hydroxylation is 2. The van der Waals surface area contributed by atoms with Crippen molar-refractivity contribution >= 4 is 11.3 Å². The quantitative estimate of drug-likeness (QED) is 0.481. The highest BCUT2D eigenvalue weighted by atomic mass is 32.1. The second-order valence-electron chi connectivity index (χ2n) is 5.85. The highest BCUT2D eigenvalue weighted by Gasteiger charge is 2.17. The molecule has 0 aliphatic heterocycles. The number of hydrogen-bond acceptors (Lipinski definition) is 3. The smallest absolute Gasteiger partial charge is 0.0553 e. The lowest BCUT2D eigenvalue weighted by Crippen LogP contribution is -2.27. The SMILES string of the molecule is CC(C)CCC(NN)c1cc2c(s1)CCCCC2. The zero-order valence-electron chi connectivity index (χ0n) is 11.7. The molecule has 1 atom stereocenters. The van der Waals surface area contributed by atoms with Crippen LogP contribution in [-0.2, 0) is 12.8 Å². The molecule has 3 N–H and O–H groups in total. The maximum atomic E-state index is 5.74. The third-order valence-electron chi connectivity index (χ3n) is 3.84. The first-order valence-corrected chi connectivity index (χ1v) is 8.10. The van der Waals surface area contributed by atoms with Crippen LogP contribution in [0.1, 0.15) is 67.3 Å². The van der Waals surface area contributed by atoms with E-state index in [4.69, 9.17) is 5.84 Å². The van der Waals surface area contributed by atoms with E-state index in [1.807, 2.05) is 11.3 Å². The van der Waals surface area contributed by atoms with Gasteiger partial charge in [0.15, 0.2) is 0 Å². The van der Waals surface area contributed by atoms with Crippen molar-refractivity contribution in [3.63, 3.8) is 0 Å². The summed E-state index contributed by atoms with van der Waals surface area (Å²) in [5, 5.41) is 0. The van der Waals surface area contributed by atoms with Crippen LogP contribution in [0.25, 0.3) is 0 Å². The van der Waals surface area contributed by atoms with Crippen molar-refractivity contribution < 1.29 is 0 Å². The van der Waals surface area contributed by atoms with Gasteiger partial charge in [-0.1, -0.05) is 20.3 Å². The Morgan fingerprint density at radius 3 is 2.72 bits per heavy atom. The molecule has 0 fully saturated rings. The summed E-state index contributed by atoms with van der Waals surface area (Å²) in [5.74, 6) is 6.49. The number of nitrogens with one attached hydrogen (secondary N) is 1. The Morgan fingerprint density at radius 1 is 1.22 bits per heavy atom. The molecule has 1 aromatic rings. The summed E-state index contributed by atoms with van der Waals surface area (Å²) < 4.78 is 0. The molecule has 1 aliphatic carbocycles. The summed E-state index contributed by atoms with van der Waals surface area (Å²) in [4.78, 5) is 3.07. The van der Waals surface area contributed by atoms with Crippen LogP contribution in [0.4, 0.5) is 0 Å². The molecule has 1 aromatic heterocycles. The van der Waals surface area contributed by atoms with Gasteiger partial charge < -0.3 is 0 Å². The summed E-state index contributed by atoms with van der Waals surface area (Å²) in [5.41, 5.74) is 4.60. The molecule has 0 spiro atoms. The Hall–Kier alpha value is -0.380. The van der Waals surface area contributed by atoms with E-state index in [1.54, 1.807) is 10.4 Å². The lowest BCUT2D eigenvalue weighted by atomic mass is 10.0. The first-order valence-electron chi connectivity index (χ1n) is 7.28. The zero-order valence-corrected chi connectivity index (χ0v) is 12.5. The van der Waals surface area contributed by atoms with Gasteiger partial charge in [-0.25, -0.2) is 0 Å². The van der Waals surface area contributed by atoms with Gasteiger partial charge in [-0.3, -0.25) is 11.3 Å². The van der Waals surface area contributed by atoms with Crippen LogP contribution in [0, 0.1) is 5.92 Å². The second-order valence-corrected chi connectivity index (χ2v) is 7.02. The Labute approximate surface area is 115 Å². The summed E-state index contributed by atoms with van der Waals surface area (Å²) in [7, 11) is 0. The standard InChI is InChI=1S/C15H26N2S/c1-11(2)8-9-13(17-16)15-10-12-6-4-3-5-7-14(12)18-15/h10-11,13,17H,3-9,16H2,1-2H3. The first kappa shape index (κ1) is 14.0. The molecule has 0 radical (unpaired) electrons. The monoisotopic (exact) mass is 266 g/mol. The molecule has 2 rings (SSSR count). The number of hydrazine groups is 1. The maximum Gasteiger partial charge on any atom is 0.0553 e. The van der Waals surface area contributed by atoms with Gasteiger partial charge >= 0.3 is 0 Å². The number of fused-ring (bicyclic) bond motifs is 1. The number of hydrogen-bond donors (Lipinski definition) is 2. The predicted octanol–water partition coefficient (Wildman–Crippen LogP) is 3.96. The molecule has 0 amide bonds. The van der Waals surface area contributed by atoms with E-state index in [2.05, 4.69) is 25.3 Å². The van der Waals surface area contributed by atoms with Crippen LogP contribution in [0.2, 0.25) is 0 Å². The molecule has 1 heterocycles. The van der Waals surface area contributed by atoms with E-state index in [1.165, 1.54) is 43.4 Å². The van der Waals surface area contributed by atoms with Gasteiger partial charge in [0.1, 0.15) is 0 Å². The Balaban J connectivity index is 2.06. The topological polar surface area (TPSA) is 38.0 Å². The van der Waals surface area contributed by atoms with Crippen LogP contribution in [0.15, 0.2) is 6.07 Å². The molecule has 102 valence electrons. The van der Waals surface area contributed by atoms with Crippen LogP contribution in [-0.4, -0.2) is 0 Å². The normalized spacial score (nSPS) is 17.6. The molecule has 2 nitrogen and oxygen atoms in total. The Morgan fingerprint density at radius 2 is 2.00 bits per heavy atom. The van der Waals surface area contributed by atoms with Crippen molar-refractivity contribution in [3.05, 3.63) is 21.4 Å². The number of thiophene rings is 1. The average Bonchev–Trinajstić information content (AvgIpc) is 2.61. The van der Waals surface area contributed by atoms with Crippen molar-refractivity contribution in [1.82, 2.24) is 5.43 Å². The summed E-state index contributed by atoms with van der Waals surface area (Å²) in [6.45, 7) is 4.55. The minimum Gasteiger partial charge on any atom is -0.271 e. The van der Waals surface area contributed by atoms with E-state index < -0.39 is 0 Å². The van der Waals surface area contributed by atoms with Crippen molar-refractivity contribution in [1.29, 1.82) is 0 Å². The fraction of sp³-hybridized carbons (Fsp3) is 0.733. The van der Waals surface area contributed by atoms with Gasteiger partial charge in [-0.05, 0) is 56.1 Å². The van der Waals surface area contributed by atoms with E-state index in [-0.39, 0.29) is 0 Å². The van der Waals surface area contributed by atoms with Gasteiger partial charge in [0, 0.05) is 9.75 Å². The molecular formula is C15H26N2S. The molecule has 0 aromatic carbocycles. The fourth-order valence-electron chi connectivity index (χ4n) is 2.67. The van der Waals surface area contributed by atoms with Gasteiger partial charge in [-0.2, -0.15) is 0 Å². The lowest BCUT2D eigenvalue weighted by Gasteiger charge is -2.15. The van der Waals surface area contributed by atoms with Crippen LogP contribution < -0.4 is 11.3 Å². The van der Waals surface area contributed by atoms with Crippen LogP contribution in [0.3, 0.4) is 0 Å². The van der Waals surface area contributed by atoms with E-state index in [9.17, 15) is 0 Å². The van der Waals surface area contributed by atoms with Crippen molar-refractivity contribution in [2.45, 2.75) is 64.8 Å². The third kappa shape index (κ3) is 3.56. The summed E-state index contributed by atoms with van der Waals surface area (Å²) >= 11 is 1.99. The van der Waals surface area contributed by atoms with E-state index >= 15 is 0 Å². The van der Waals surface area contributed by atoms with Crippen molar-refractivity contribution in [3.8, 4) is 0 Å². The largest absolute Gasteiger partial charge is 0.271 e. The molecule has 18 heavy (non-hydrogen) atoms. The van der Waals surface area contributed by atoms with Gasteiger partial charge in [0.05, 0.1) is 6.04 Å². The zero-order chi connectivity index (χ0) is 13.0. The average molecular weight is 266 g/mol. The predicted molar refractivity (Wildman–Crippen MR) is 79.7 cm³/mol. The minimum atomic E-state index is 0.351. The van der Waals surface area contributed by atoms with Gasteiger partial charge in [0.2, 0.25) is 0 Å². The van der Waals surface area contributed by atoms with Crippen molar-refractivity contribution in [2.24, 2.45) is 11.8 Å². The summed E-state index contributed by atoms with van der Waals surface area (Å²) in [6.07, 6.45) is 9.04. The van der Waals surface area contributed by atoms with Crippen LogP contribution in [0.5, 0.6) is 0 Å². The summed E-state index contributed by atoms with van der Waals surface area (Å²) in [6, 6.07) is 2.76. The van der Waals surface area contributed by atoms with Crippen LogP contribution >= 0.6 is 11.3 Å².